The Morgan fingerprint density at radius 2 is 1.86 bits per heavy atom. The zero-order valence-corrected chi connectivity index (χ0v) is 14.5. The summed E-state index contributed by atoms with van der Waals surface area (Å²) in [5, 5.41) is 0.789. The van der Waals surface area contributed by atoms with Crippen LogP contribution in [0.3, 0.4) is 0 Å². The minimum absolute atomic E-state index is 0.160. The molecular formula is C16H25N3OS. The number of hydrogen-bond donors (Lipinski definition) is 0. The quantitative estimate of drug-likeness (QED) is 0.441. The smallest absolute Gasteiger partial charge is 0.223 e. The minimum Gasteiger partial charge on any atom is -0.339 e. The van der Waals surface area contributed by atoms with Gasteiger partial charge in [0, 0.05) is 30.9 Å². The summed E-state index contributed by atoms with van der Waals surface area (Å²) in [6.07, 6.45) is 3.15. The molecule has 5 heteroatoms. The summed E-state index contributed by atoms with van der Waals surface area (Å²) in [5.74, 6) is 0.160. The van der Waals surface area contributed by atoms with Gasteiger partial charge >= 0.3 is 0 Å². The molecule has 0 saturated heterocycles. The van der Waals surface area contributed by atoms with Gasteiger partial charge in [0.25, 0.3) is 0 Å². The number of aryl methyl sites for hydroxylation is 2. The van der Waals surface area contributed by atoms with Crippen LogP contribution in [0.5, 0.6) is 0 Å². The Labute approximate surface area is 132 Å². The number of likely N-dealkylation sites (N-methyl/N-ethyl adjacent to an activating group) is 1. The average Bonchev–Trinajstić information content (AvgIpc) is 2.42. The van der Waals surface area contributed by atoms with E-state index in [1.165, 1.54) is 11.8 Å². The van der Waals surface area contributed by atoms with Crippen molar-refractivity contribution < 1.29 is 4.79 Å². The van der Waals surface area contributed by atoms with Crippen LogP contribution in [0, 0.1) is 13.8 Å². The van der Waals surface area contributed by atoms with Crippen LogP contribution in [-0.4, -0.2) is 40.1 Å². The highest BCUT2D eigenvalue weighted by atomic mass is 32.2. The Kier molecular flexibility index (Phi) is 6.89. The van der Waals surface area contributed by atoms with Gasteiger partial charge in [0.1, 0.15) is 0 Å². The average molecular weight is 307 g/mol. The second-order valence-electron chi connectivity index (χ2n) is 5.22. The molecule has 0 saturated carbocycles. The van der Waals surface area contributed by atoms with E-state index in [0.29, 0.717) is 25.9 Å². The summed E-state index contributed by atoms with van der Waals surface area (Å²) < 4.78 is 0. The van der Waals surface area contributed by atoms with E-state index in [9.17, 15) is 4.79 Å². The fourth-order valence-corrected chi connectivity index (χ4v) is 2.71. The minimum atomic E-state index is 0.160. The van der Waals surface area contributed by atoms with Crippen molar-refractivity contribution in [1.82, 2.24) is 14.9 Å². The normalized spacial score (nSPS) is 10.5. The van der Waals surface area contributed by atoms with Crippen LogP contribution in [-0.2, 0) is 11.2 Å². The van der Waals surface area contributed by atoms with Crippen LogP contribution in [0.1, 0.15) is 37.2 Å². The van der Waals surface area contributed by atoms with Gasteiger partial charge in [0.15, 0.2) is 5.16 Å². The molecule has 0 unspecified atom stereocenters. The van der Waals surface area contributed by atoms with Gasteiger partial charge in [-0.15, -0.1) is 0 Å². The molecule has 0 radical (unpaired) electrons. The van der Waals surface area contributed by atoms with Gasteiger partial charge in [-0.25, -0.2) is 9.97 Å². The summed E-state index contributed by atoms with van der Waals surface area (Å²) in [4.78, 5) is 23.0. The summed E-state index contributed by atoms with van der Waals surface area (Å²) in [6, 6.07) is 0. The van der Waals surface area contributed by atoms with Crippen LogP contribution in [0.15, 0.2) is 17.3 Å². The van der Waals surface area contributed by atoms with E-state index >= 15 is 0 Å². The molecule has 0 N–H and O–H groups in total. The number of aromatic nitrogens is 2. The van der Waals surface area contributed by atoms with Crippen molar-refractivity contribution in [2.24, 2.45) is 0 Å². The number of rotatable bonds is 7. The van der Waals surface area contributed by atoms with Crippen molar-refractivity contribution in [3.8, 4) is 0 Å². The van der Waals surface area contributed by atoms with Crippen molar-refractivity contribution in [2.45, 2.75) is 45.7 Å². The maximum absolute atomic E-state index is 12.3. The highest BCUT2D eigenvalue weighted by molar-refractivity contribution is 7.98. The highest BCUT2D eigenvalue weighted by Gasteiger charge is 2.14. The second-order valence-corrected chi connectivity index (χ2v) is 6.00. The molecule has 0 atom stereocenters. The van der Waals surface area contributed by atoms with Crippen LogP contribution < -0.4 is 0 Å². The molecule has 4 nitrogen and oxygen atoms in total. The van der Waals surface area contributed by atoms with Gasteiger partial charge < -0.3 is 4.90 Å². The standard InChI is InChI=1S/C16H25N3OS/c1-7-19(10-11(2)3)15(20)9-8-14-12(4)17-16(21-6)18-13(14)5/h2,7-10H2,1,3-6H3. The maximum Gasteiger partial charge on any atom is 0.223 e. The lowest BCUT2D eigenvalue weighted by molar-refractivity contribution is -0.130. The first-order chi connectivity index (χ1) is 9.88. The van der Waals surface area contributed by atoms with E-state index in [1.807, 2.05) is 38.9 Å². The Morgan fingerprint density at radius 1 is 1.29 bits per heavy atom. The molecule has 0 aliphatic carbocycles. The first-order valence-corrected chi connectivity index (χ1v) is 8.41. The summed E-state index contributed by atoms with van der Waals surface area (Å²) in [6.45, 7) is 13.1. The molecule has 0 bridgehead atoms. The molecule has 116 valence electrons. The number of carbonyl (C=O) groups is 1. The van der Waals surface area contributed by atoms with Crippen molar-refractivity contribution in [3.63, 3.8) is 0 Å². The van der Waals surface area contributed by atoms with Gasteiger partial charge in [-0.1, -0.05) is 23.9 Å². The summed E-state index contributed by atoms with van der Waals surface area (Å²) in [7, 11) is 0. The van der Waals surface area contributed by atoms with Crippen molar-refractivity contribution in [1.29, 1.82) is 0 Å². The Bertz CT molecular complexity index is 505. The Hall–Kier alpha value is -1.36. The summed E-state index contributed by atoms with van der Waals surface area (Å²) >= 11 is 1.54. The van der Waals surface area contributed by atoms with Crippen LogP contribution >= 0.6 is 11.8 Å². The lowest BCUT2D eigenvalue weighted by Crippen LogP contribution is -2.32. The molecule has 0 fully saturated rings. The zero-order valence-electron chi connectivity index (χ0n) is 13.7. The van der Waals surface area contributed by atoms with Crippen LogP contribution in [0.4, 0.5) is 0 Å². The van der Waals surface area contributed by atoms with Gasteiger partial charge in [0.05, 0.1) is 0 Å². The number of nitrogens with zero attached hydrogens (tertiary/aromatic N) is 3. The molecule has 0 aromatic carbocycles. The number of carbonyl (C=O) groups excluding carboxylic acids is 1. The third kappa shape index (κ3) is 5.16. The SMILES string of the molecule is C=C(C)CN(CC)C(=O)CCc1c(C)nc(SC)nc1C. The number of hydrogen-bond acceptors (Lipinski definition) is 4. The number of amides is 1. The molecule has 0 aliphatic rings. The van der Waals surface area contributed by atoms with Gasteiger partial charge in [-0.2, -0.15) is 0 Å². The predicted octanol–water partition coefficient (Wildman–Crippen LogP) is 3.17. The van der Waals surface area contributed by atoms with E-state index in [2.05, 4.69) is 16.5 Å². The van der Waals surface area contributed by atoms with Crippen LogP contribution in [0.2, 0.25) is 0 Å². The van der Waals surface area contributed by atoms with Gasteiger partial charge in [0.2, 0.25) is 5.91 Å². The van der Waals surface area contributed by atoms with E-state index in [1.54, 1.807) is 0 Å². The maximum atomic E-state index is 12.3. The molecule has 1 rings (SSSR count). The van der Waals surface area contributed by atoms with Crippen LogP contribution in [0.25, 0.3) is 0 Å². The van der Waals surface area contributed by atoms with Gasteiger partial charge in [-0.05, 0) is 45.9 Å². The topological polar surface area (TPSA) is 46.1 Å². The van der Waals surface area contributed by atoms with Gasteiger partial charge in [-0.3, -0.25) is 4.79 Å². The fourth-order valence-electron chi connectivity index (χ4n) is 2.25. The third-order valence-electron chi connectivity index (χ3n) is 3.37. The van der Waals surface area contributed by atoms with E-state index in [0.717, 1.165) is 27.7 Å². The second kappa shape index (κ2) is 8.17. The lowest BCUT2D eigenvalue weighted by atomic mass is 10.1. The molecular weight excluding hydrogens is 282 g/mol. The monoisotopic (exact) mass is 307 g/mol. The summed E-state index contributed by atoms with van der Waals surface area (Å²) in [5.41, 5.74) is 4.04. The molecule has 1 heterocycles. The predicted molar refractivity (Wildman–Crippen MR) is 88.7 cm³/mol. The van der Waals surface area contributed by atoms with Crippen molar-refractivity contribution in [3.05, 3.63) is 29.1 Å². The van der Waals surface area contributed by atoms with Crippen molar-refractivity contribution >= 4 is 17.7 Å². The Morgan fingerprint density at radius 3 is 2.29 bits per heavy atom. The molecule has 1 aromatic heterocycles. The Balaban J connectivity index is 2.74. The fraction of sp³-hybridized carbons (Fsp3) is 0.562. The first kappa shape index (κ1) is 17.7. The molecule has 0 aliphatic heterocycles. The zero-order chi connectivity index (χ0) is 16.0. The third-order valence-corrected chi connectivity index (χ3v) is 3.91. The van der Waals surface area contributed by atoms with E-state index in [4.69, 9.17) is 0 Å². The molecule has 21 heavy (non-hydrogen) atoms. The molecule has 1 amide bonds. The lowest BCUT2D eigenvalue weighted by Gasteiger charge is -2.21. The molecule has 1 aromatic rings. The van der Waals surface area contributed by atoms with E-state index < -0.39 is 0 Å². The highest BCUT2D eigenvalue weighted by Crippen LogP contribution is 2.17. The largest absolute Gasteiger partial charge is 0.339 e. The molecule has 0 spiro atoms. The number of thioether (sulfide) groups is 1. The first-order valence-electron chi connectivity index (χ1n) is 7.19. The van der Waals surface area contributed by atoms with E-state index in [-0.39, 0.29) is 5.91 Å². The van der Waals surface area contributed by atoms with Crippen molar-refractivity contribution in [2.75, 3.05) is 19.3 Å².